The smallest absolute Gasteiger partial charge is 0.414 e. The first-order valence-corrected chi connectivity index (χ1v) is 12.5. The first-order valence-electron chi connectivity index (χ1n) is 12.5. The van der Waals surface area contributed by atoms with Crippen molar-refractivity contribution in [2.75, 3.05) is 39.3 Å². The molecule has 0 bridgehead atoms. The van der Waals surface area contributed by atoms with Crippen LogP contribution in [0.2, 0.25) is 0 Å². The highest BCUT2D eigenvalue weighted by Crippen LogP contribution is 2.30. The molecule has 2 aliphatic rings. The van der Waals surface area contributed by atoms with E-state index in [1.807, 2.05) is 24.3 Å². The third kappa shape index (κ3) is 6.36. The van der Waals surface area contributed by atoms with Gasteiger partial charge in [-0.2, -0.15) is 0 Å². The highest BCUT2D eigenvalue weighted by molar-refractivity contribution is 5.88. The number of nitrogens with zero attached hydrogens (tertiary/aromatic N) is 2. The van der Waals surface area contributed by atoms with Crippen molar-refractivity contribution >= 4 is 17.0 Å². The maximum atomic E-state index is 12.5. The Morgan fingerprint density at radius 3 is 2.54 bits per heavy atom. The Hall–Kier alpha value is -3.01. The Labute approximate surface area is 205 Å². The van der Waals surface area contributed by atoms with Crippen LogP contribution in [-0.2, 0) is 6.61 Å². The number of furan rings is 1. The normalized spacial score (nSPS) is 18.7. The zero-order valence-corrected chi connectivity index (χ0v) is 19.9. The Kier molecular flexibility index (Phi) is 7.56. The third-order valence-electron chi connectivity index (χ3n) is 6.98. The first-order chi connectivity index (χ1) is 17.1. The maximum Gasteiger partial charge on any atom is 0.414 e. The number of fused-ring (bicyclic) bond motifs is 1. The number of aliphatic hydroxyl groups is 1. The molecule has 0 atom stereocenters. The van der Waals surface area contributed by atoms with Crippen LogP contribution in [0.3, 0.4) is 0 Å². The fraction of sp³-hybridized carbons (Fsp3) is 0.500. The van der Waals surface area contributed by atoms with E-state index >= 15 is 0 Å². The number of carbonyl (C=O) groups is 1. The van der Waals surface area contributed by atoms with Gasteiger partial charge in [0.1, 0.15) is 12.4 Å². The molecular formula is C26H34N4O5. The Bertz CT molecular complexity index is 1080. The average Bonchev–Trinajstić information content (AvgIpc) is 3.53. The van der Waals surface area contributed by atoms with E-state index in [0.717, 1.165) is 81.4 Å². The Morgan fingerprint density at radius 2 is 1.83 bits per heavy atom. The van der Waals surface area contributed by atoms with Gasteiger partial charge in [0.05, 0.1) is 24.1 Å². The number of nitrogens with one attached hydrogen (secondary N) is 2. The van der Waals surface area contributed by atoms with E-state index in [4.69, 9.17) is 13.9 Å². The van der Waals surface area contributed by atoms with Crippen molar-refractivity contribution < 1.29 is 23.8 Å². The molecule has 1 aromatic carbocycles. The summed E-state index contributed by atoms with van der Waals surface area (Å²) in [6, 6.07) is 9.48. The number of rotatable bonds is 8. The van der Waals surface area contributed by atoms with Gasteiger partial charge >= 0.3 is 6.09 Å². The topological polar surface area (TPSA) is 103 Å². The number of hydrogen-bond donors (Lipinski definition) is 3. The van der Waals surface area contributed by atoms with Crippen molar-refractivity contribution in [1.29, 1.82) is 0 Å². The summed E-state index contributed by atoms with van der Waals surface area (Å²) < 4.78 is 16.6. The van der Waals surface area contributed by atoms with Gasteiger partial charge in [-0.05, 0) is 43.9 Å². The molecule has 3 aromatic rings. The maximum absolute atomic E-state index is 12.5. The highest BCUT2D eigenvalue weighted by atomic mass is 16.6. The van der Waals surface area contributed by atoms with Crippen LogP contribution in [0.4, 0.5) is 4.79 Å². The number of piperidine rings is 2. The van der Waals surface area contributed by atoms with Gasteiger partial charge in [0.25, 0.3) is 0 Å². The van der Waals surface area contributed by atoms with Crippen LogP contribution in [0.25, 0.3) is 10.9 Å². The number of benzene rings is 1. The Balaban J connectivity index is 1.07. The number of ether oxygens (including phenoxy) is 2. The number of aliphatic hydroxyl groups excluding tert-OH is 1. The summed E-state index contributed by atoms with van der Waals surface area (Å²) in [5.74, 6) is 1.10. The van der Waals surface area contributed by atoms with Gasteiger partial charge < -0.3 is 39.1 Å². The fourth-order valence-electron chi connectivity index (χ4n) is 4.84. The molecule has 188 valence electrons. The molecule has 2 aromatic heterocycles. The first kappa shape index (κ1) is 23.7. The van der Waals surface area contributed by atoms with Gasteiger partial charge in [0, 0.05) is 62.3 Å². The molecule has 2 aliphatic heterocycles. The average molecular weight is 483 g/mol. The van der Waals surface area contributed by atoms with Crippen molar-refractivity contribution in [1.82, 2.24) is 20.1 Å². The fourth-order valence-corrected chi connectivity index (χ4v) is 4.84. The molecule has 2 saturated heterocycles. The molecule has 5 rings (SSSR count). The summed E-state index contributed by atoms with van der Waals surface area (Å²) in [4.78, 5) is 20.6. The standard InChI is InChI=1S/C26H34N4O5/c31-21-6-11-30(12-7-21)14-13-29-9-4-20(5-10-29)27-26(32)35-25-16-22-23(28-25)2-1-3-24(22)34-18-19-8-15-33-17-19/h1-3,8,15-17,20-21,28,31H,4-7,9-14,18H2,(H,27,32). The van der Waals surface area contributed by atoms with Crippen molar-refractivity contribution in [2.45, 2.75) is 44.4 Å². The van der Waals surface area contributed by atoms with Crippen LogP contribution in [-0.4, -0.2) is 77.4 Å². The molecule has 9 heteroatoms. The second-order valence-corrected chi connectivity index (χ2v) is 9.49. The van der Waals surface area contributed by atoms with Gasteiger partial charge in [-0.25, -0.2) is 4.79 Å². The minimum atomic E-state index is -0.442. The third-order valence-corrected chi connectivity index (χ3v) is 6.98. The van der Waals surface area contributed by atoms with Gasteiger partial charge in [-0.3, -0.25) is 0 Å². The zero-order chi connectivity index (χ0) is 24.0. The molecule has 0 aliphatic carbocycles. The van der Waals surface area contributed by atoms with Gasteiger partial charge in [0.15, 0.2) is 0 Å². The lowest BCUT2D eigenvalue weighted by Crippen LogP contribution is -2.47. The van der Waals surface area contributed by atoms with E-state index in [1.54, 1.807) is 18.6 Å². The molecule has 0 saturated carbocycles. The monoisotopic (exact) mass is 482 g/mol. The number of carbonyl (C=O) groups excluding carboxylic acids is 1. The number of amides is 1. The van der Waals surface area contributed by atoms with Crippen LogP contribution in [0.5, 0.6) is 11.6 Å². The lowest BCUT2D eigenvalue weighted by molar-refractivity contribution is 0.0739. The van der Waals surface area contributed by atoms with Crippen molar-refractivity contribution in [2.24, 2.45) is 0 Å². The van der Waals surface area contributed by atoms with Crippen molar-refractivity contribution in [3.63, 3.8) is 0 Å². The molecule has 2 fully saturated rings. The summed E-state index contributed by atoms with van der Waals surface area (Å²) >= 11 is 0. The summed E-state index contributed by atoms with van der Waals surface area (Å²) in [5.41, 5.74) is 1.79. The zero-order valence-electron chi connectivity index (χ0n) is 19.9. The highest BCUT2D eigenvalue weighted by Gasteiger charge is 2.23. The Morgan fingerprint density at radius 1 is 1.09 bits per heavy atom. The summed E-state index contributed by atoms with van der Waals surface area (Å²) in [6.07, 6.45) is 6.28. The van der Waals surface area contributed by atoms with E-state index in [9.17, 15) is 9.90 Å². The minimum absolute atomic E-state index is 0.113. The van der Waals surface area contributed by atoms with Crippen molar-refractivity contribution in [3.05, 3.63) is 48.4 Å². The predicted octanol–water partition coefficient (Wildman–Crippen LogP) is 3.35. The van der Waals surface area contributed by atoms with Crippen LogP contribution >= 0.6 is 0 Å². The van der Waals surface area contributed by atoms with Crippen LogP contribution in [0.1, 0.15) is 31.2 Å². The van der Waals surface area contributed by atoms with Gasteiger partial charge in [-0.1, -0.05) is 6.07 Å². The molecule has 4 heterocycles. The number of aromatic nitrogens is 1. The minimum Gasteiger partial charge on any atom is -0.488 e. The molecule has 3 N–H and O–H groups in total. The molecule has 1 amide bonds. The quantitative estimate of drug-likeness (QED) is 0.452. The van der Waals surface area contributed by atoms with E-state index in [1.165, 1.54) is 0 Å². The number of aromatic amines is 1. The molecule has 0 unspecified atom stereocenters. The van der Waals surface area contributed by atoms with E-state index in [2.05, 4.69) is 20.1 Å². The largest absolute Gasteiger partial charge is 0.488 e. The number of likely N-dealkylation sites (tertiary alicyclic amines) is 2. The van der Waals surface area contributed by atoms with Crippen LogP contribution in [0.15, 0.2) is 47.3 Å². The molecule has 0 radical (unpaired) electrons. The molecule has 9 nitrogen and oxygen atoms in total. The summed E-state index contributed by atoms with van der Waals surface area (Å²) in [6.45, 7) is 6.37. The summed E-state index contributed by atoms with van der Waals surface area (Å²) in [5, 5.41) is 13.5. The van der Waals surface area contributed by atoms with E-state index < -0.39 is 6.09 Å². The number of hydrogen-bond acceptors (Lipinski definition) is 7. The second-order valence-electron chi connectivity index (χ2n) is 9.49. The lowest BCUT2D eigenvalue weighted by Gasteiger charge is -2.35. The second kappa shape index (κ2) is 11.2. The van der Waals surface area contributed by atoms with E-state index in [0.29, 0.717) is 18.2 Å². The van der Waals surface area contributed by atoms with Crippen LogP contribution in [0, 0.1) is 0 Å². The molecule has 35 heavy (non-hydrogen) atoms. The van der Waals surface area contributed by atoms with Gasteiger partial charge in [-0.15, -0.1) is 0 Å². The van der Waals surface area contributed by atoms with E-state index in [-0.39, 0.29) is 12.1 Å². The van der Waals surface area contributed by atoms with Gasteiger partial charge in [0.2, 0.25) is 5.88 Å². The molecule has 0 spiro atoms. The SMILES string of the molecule is O=C(NC1CCN(CCN2CCC(O)CC2)CC1)Oc1cc2c(OCc3ccoc3)cccc2[nH]1. The molecular weight excluding hydrogens is 448 g/mol. The summed E-state index contributed by atoms with van der Waals surface area (Å²) in [7, 11) is 0. The predicted molar refractivity (Wildman–Crippen MR) is 132 cm³/mol. The number of H-pyrrole nitrogens is 1. The lowest BCUT2D eigenvalue weighted by atomic mass is 10.1. The van der Waals surface area contributed by atoms with Crippen molar-refractivity contribution in [3.8, 4) is 11.6 Å². The van der Waals surface area contributed by atoms with Crippen LogP contribution < -0.4 is 14.8 Å².